The average molecular weight is 314 g/mol. The standard InChI is InChI=1S/C18H22N2O3/c21-17-9-14-5-6-15(10-19-17)20(14)18(22)13-3-7-16(8-4-13)23-11-12-1-2-12/h3-4,7-8,12,14-15H,1-2,5-6,9-11H2,(H,19,21)/t14-,15+/m1/s1. The highest BCUT2D eigenvalue weighted by molar-refractivity contribution is 5.95. The second-order valence-corrected chi connectivity index (χ2v) is 6.88. The molecule has 0 spiro atoms. The van der Waals surface area contributed by atoms with Gasteiger partial charge in [0.25, 0.3) is 5.91 Å². The quantitative estimate of drug-likeness (QED) is 0.924. The molecule has 1 N–H and O–H groups in total. The second-order valence-electron chi connectivity index (χ2n) is 6.88. The summed E-state index contributed by atoms with van der Waals surface area (Å²) in [5.74, 6) is 1.62. The van der Waals surface area contributed by atoms with Crippen molar-refractivity contribution in [2.45, 2.75) is 44.2 Å². The van der Waals surface area contributed by atoms with Gasteiger partial charge in [0.15, 0.2) is 0 Å². The number of benzene rings is 1. The Kier molecular flexibility index (Phi) is 3.71. The summed E-state index contributed by atoms with van der Waals surface area (Å²) in [7, 11) is 0. The lowest BCUT2D eigenvalue weighted by Gasteiger charge is -2.27. The average Bonchev–Trinajstić information content (AvgIpc) is 3.32. The molecule has 122 valence electrons. The Morgan fingerprint density at radius 2 is 1.87 bits per heavy atom. The van der Waals surface area contributed by atoms with Crippen LogP contribution >= 0.6 is 0 Å². The van der Waals surface area contributed by atoms with E-state index in [0.29, 0.717) is 24.4 Å². The molecule has 0 radical (unpaired) electrons. The number of carbonyl (C=O) groups is 2. The van der Waals surface area contributed by atoms with E-state index in [2.05, 4.69) is 5.32 Å². The molecule has 1 saturated carbocycles. The third-order valence-electron chi connectivity index (χ3n) is 5.09. The fraction of sp³-hybridized carbons (Fsp3) is 0.556. The molecule has 1 aromatic carbocycles. The molecule has 5 nitrogen and oxygen atoms in total. The van der Waals surface area contributed by atoms with E-state index in [1.165, 1.54) is 12.8 Å². The van der Waals surface area contributed by atoms with Gasteiger partial charge < -0.3 is 15.0 Å². The highest BCUT2D eigenvalue weighted by atomic mass is 16.5. The van der Waals surface area contributed by atoms with Crippen molar-refractivity contribution in [3.8, 4) is 5.75 Å². The molecule has 2 saturated heterocycles. The highest BCUT2D eigenvalue weighted by Gasteiger charge is 2.40. The molecule has 23 heavy (non-hydrogen) atoms. The Bertz CT molecular complexity index is 609. The minimum Gasteiger partial charge on any atom is -0.493 e. The molecule has 1 aliphatic carbocycles. The summed E-state index contributed by atoms with van der Waals surface area (Å²) < 4.78 is 5.72. The first-order valence-electron chi connectivity index (χ1n) is 8.53. The number of nitrogens with zero attached hydrogens (tertiary/aromatic N) is 1. The second kappa shape index (κ2) is 5.87. The SMILES string of the molecule is O=C1C[C@H]2CC[C@@H](CN1)N2C(=O)c1ccc(OCC2CC2)cc1. The van der Waals surface area contributed by atoms with Gasteiger partial charge in [-0.05, 0) is 55.9 Å². The van der Waals surface area contributed by atoms with Crippen LogP contribution in [0.3, 0.4) is 0 Å². The number of ether oxygens (including phenoxy) is 1. The van der Waals surface area contributed by atoms with Gasteiger partial charge in [-0.25, -0.2) is 0 Å². The summed E-state index contributed by atoms with van der Waals surface area (Å²) in [6.07, 6.45) is 4.85. The van der Waals surface area contributed by atoms with Gasteiger partial charge in [0, 0.05) is 30.6 Å². The van der Waals surface area contributed by atoms with Crippen molar-refractivity contribution >= 4 is 11.8 Å². The Labute approximate surface area is 136 Å². The first-order valence-corrected chi connectivity index (χ1v) is 8.53. The molecule has 2 amide bonds. The van der Waals surface area contributed by atoms with E-state index in [-0.39, 0.29) is 23.9 Å². The monoisotopic (exact) mass is 314 g/mol. The molecule has 4 rings (SSSR count). The molecule has 0 unspecified atom stereocenters. The van der Waals surface area contributed by atoms with E-state index in [0.717, 1.165) is 25.2 Å². The number of hydrogen-bond acceptors (Lipinski definition) is 3. The fourth-order valence-corrected chi connectivity index (χ4v) is 3.55. The Balaban J connectivity index is 1.46. The van der Waals surface area contributed by atoms with E-state index in [4.69, 9.17) is 4.74 Å². The molecule has 0 aromatic heterocycles. The van der Waals surface area contributed by atoms with Crippen LogP contribution in [0.2, 0.25) is 0 Å². The molecule has 2 bridgehead atoms. The van der Waals surface area contributed by atoms with Crippen molar-refractivity contribution in [3.63, 3.8) is 0 Å². The maximum absolute atomic E-state index is 12.9. The molecule has 1 aromatic rings. The predicted octanol–water partition coefficient (Wildman–Crippen LogP) is 1.97. The van der Waals surface area contributed by atoms with Crippen LogP contribution in [0.15, 0.2) is 24.3 Å². The molecule has 3 fully saturated rings. The summed E-state index contributed by atoms with van der Waals surface area (Å²) >= 11 is 0. The minimum absolute atomic E-state index is 0.0303. The first kappa shape index (κ1) is 14.5. The smallest absolute Gasteiger partial charge is 0.254 e. The molecule has 5 heteroatoms. The van der Waals surface area contributed by atoms with Crippen molar-refractivity contribution in [3.05, 3.63) is 29.8 Å². The van der Waals surface area contributed by atoms with Crippen molar-refractivity contribution in [1.29, 1.82) is 0 Å². The van der Waals surface area contributed by atoms with Gasteiger partial charge in [-0.1, -0.05) is 0 Å². The summed E-state index contributed by atoms with van der Waals surface area (Å²) in [4.78, 5) is 26.5. The normalized spacial score (nSPS) is 26.6. The van der Waals surface area contributed by atoms with Crippen LogP contribution in [0.4, 0.5) is 0 Å². The van der Waals surface area contributed by atoms with Gasteiger partial charge in [0.2, 0.25) is 5.91 Å². The lowest BCUT2D eigenvalue weighted by Crippen LogP contribution is -2.42. The van der Waals surface area contributed by atoms with Crippen LogP contribution in [0, 0.1) is 5.92 Å². The molecule has 2 aliphatic heterocycles. The first-order chi connectivity index (χ1) is 11.2. The van der Waals surface area contributed by atoms with Crippen LogP contribution in [-0.2, 0) is 4.79 Å². The number of nitrogens with one attached hydrogen (secondary N) is 1. The molecule has 3 aliphatic rings. The molecule has 2 heterocycles. The van der Waals surface area contributed by atoms with Crippen LogP contribution in [0.5, 0.6) is 5.75 Å². The van der Waals surface area contributed by atoms with E-state index in [9.17, 15) is 9.59 Å². The number of amides is 2. The highest BCUT2D eigenvalue weighted by Crippen LogP contribution is 2.31. The third kappa shape index (κ3) is 3.05. The fourth-order valence-electron chi connectivity index (χ4n) is 3.55. The van der Waals surface area contributed by atoms with Crippen LogP contribution in [-0.4, -0.2) is 41.9 Å². The summed E-state index contributed by atoms with van der Waals surface area (Å²) in [6.45, 7) is 1.35. The number of fused-ring (bicyclic) bond motifs is 2. The van der Waals surface area contributed by atoms with Crippen LogP contribution < -0.4 is 10.1 Å². The van der Waals surface area contributed by atoms with Gasteiger partial charge in [-0.15, -0.1) is 0 Å². The summed E-state index contributed by atoms with van der Waals surface area (Å²) in [5, 5.41) is 2.90. The van der Waals surface area contributed by atoms with Gasteiger partial charge in [-0.2, -0.15) is 0 Å². The third-order valence-corrected chi connectivity index (χ3v) is 5.09. The van der Waals surface area contributed by atoms with Crippen molar-refractivity contribution in [2.24, 2.45) is 5.92 Å². The predicted molar refractivity (Wildman–Crippen MR) is 85.3 cm³/mol. The van der Waals surface area contributed by atoms with E-state index in [1.807, 2.05) is 29.2 Å². The van der Waals surface area contributed by atoms with E-state index >= 15 is 0 Å². The maximum Gasteiger partial charge on any atom is 0.254 e. The Morgan fingerprint density at radius 3 is 2.61 bits per heavy atom. The molecular formula is C18H22N2O3. The van der Waals surface area contributed by atoms with E-state index in [1.54, 1.807) is 0 Å². The number of hydrogen-bond donors (Lipinski definition) is 1. The van der Waals surface area contributed by atoms with Gasteiger partial charge in [0.05, 0.1) is 6.61 Å². The summed E-state index contributed by atoms with van der Waals surface area (Å²) in [6, 6.07) is 7.59. The Morgan fingerprint density at radius 1 is 1.13 bits per heavy atom. The lowest BCUT2D eigenvalue weighted by atomic mass is 10.1. The van der Waals surface area contributed by atoms with Crippen molar-refractivity contribution < 1.29 is 14.3 Å². The topological polar surface area (TPSA) is 58.6 Å². The van der Waals surface area contributed by atoms with Gasteiger partial charge in [0.1, 0.15) is 5.75 Å². The minimum atomic E-state index is 0.0303. The molecule has 2 atom stereocenters. The summed E-state index contributed by atoms with van der Waals surface area (Å²) in [5.41, 5.74) is 0.676. The molecular weight excluding hydrogens is 292 g/mol. The largest absolute Gasteiger partial charge is 0.493 e. The van der Waals surface area contributed by atoms with Crippen LogP contribution in [0.25, 0.3) is 0 Å². The maximum atomic E-state index is 12.9. The zero-order valence-corrected chi connectivity index (χ0v) is 13.2. The zero-order chi connectivity index (χ0) is 15.8. The van der Waals surface area contributed by atoms with Crippen LogP contribution in [0.1, 0.15) is 42.5 Å². The zero-order valence-electron chi connectivity index (χ0n) is 13.2. The van der Waals surface area contributed by atoms with Gasteiger partial charge in [-0.3, -0.25) is 9.59 Å². The van der Waals surface area contributed by atoms with Crippen molar-refractivity contribution in [1.82, 2.24) is 10.2 Å². The van der Waals surface area contributed by atoms with Crippen molar-refractivity contribution in [2.75, 3.05) is 13.2 Å². The lowest BCUT2D eigenvalue weighted by molar-refractivity contribution is -0.121. The van der Waals surface area contributed by atoms with E-state index < -0.39 is 0 Å². The number of carbonyl (C=O) groups excluding carboxylic acids is 2. The Hall–Kier alpha value is -2.04. The number of rotatable bonds is 4. The van der Waals surface area contributed by atoms with Gasteiger partial charge >= 0.3 is 0 Å².